The van der Waals surface area contributed by atoms with Gasteiger partial charge in [-0.3, -0.25) is 9.59 Å². The molecule has 0 radical (unpaired) electrons. The number of nitrogens with one attached hydrogen (secondary N) is 1. The number of carbonyl (C=O) groups excluding carboxylic acids is 2. The van der Waals surface area contributed by atoms with E-state index in [-0.39, 0.29) is 27.0 Å². The number of esters is 1. The Balaban J connectivity index is 1.80. The van der Waals surface area contributed by atoms with Gasteiger partial charge in [-0.25, -0.2) is 0 Å². The third-order valence-electron chi connectivity index (χ3n) is 4.38. The number of methoxy groups -OCH3 is 1. The molecule has 0 aliphatic carbocycles. The van der Waals surface area contributed by atoms with Crippen LogP contribution in [0, 0.1) is 0 Å². The van der Waals surface area contributed by atoms with Gasteiger partial charge in [-0.05, 0) is 47.9 Å². The van der Waals surface area contributed by atoms with Gasteiger partial charge in [0.1, 0.15) is 21.9 Å². The maximum Gasteiger partial charge on any atom is 0.417 e. The van der Waals surface area contributed by atoms with E-state index in [9.17, 15) is 22.8 Å². The van der Waals surface area contributed by atoms with Gasteiger partial charge in [0.25, 0.3) is 5.91 Å². The second-order valence-electron chi connectivity index (χ2n) is 6.68. The van der Waals surface area contributed by atoms with Crippen molar-refractivity contribution in [1.29, 1.82) is 0 Å². The molecule has 2 aromatic carbocycles. The summed E-state index contributed by atoms with van der Waals surface area (Å²) in [5, 5.41) is 2.36. The van der Waals surface area contributed by atoms with Gasteiger partial charge >= 0.3 is 12.1 Å². The number of amides is 1. The molecule has 0 bridgehead atoms. The zero-order valence-corrected chi connectivity index (χ0v) is 18.2. The Hall–Kier alpha value is -2.89. The Morgan fingerprint density at radius 3 is 2.44 bits per heavy atom. The number of halogens is 3. The first-order valence-electron chi connectivity index (χ1n) is 9.13. The summed E-state index contributed by atoms with van der Waals surface area (Å²) in [6.45, 7) is 0. The molecule has 3 N–H and O–H groups in total. The van der Waals surface area contributed by atoms with Crippen LogP contribution in [0.1, 0.15) is 16.7 Å². The van der Waals surface area contributed by atoms with Crippen LogP contribution in [0.5, 0.6) is 11.5 Å². The summed E-state index contributed by atoms with van der Waals surface area (Å²) < 4.78 is 51.2. The minimum absolute atomic E-state index is 0.0301. The molecule has 0 saturated carbocycles. The zero-order valence-electron chi connectivity index (χ0n) is 16.6. The van der Waals surface area contributed by atoms with Crippen molar-refractivity contribution in [3.63, 3.8) is 0 Å². The molecule has 6 nitrogen and oxygen atoms in total. The van der Waals surface area contributed by atoms with Crippen molar-refractivity contribution in [2.75, 3.05) is 7.11 Å². The summed E-state index contributed by atoms with van der Waals surface area (Å²) in [5.41, 5.74) is 5.32. The Morgan fingerprint density at radius 1 is 1.22 bits per heavy atom. The summed E-state index contributed by atoms with van der Waals surface area (Å²) in [6.07, 6.45) is -3.28. The molecular formula is C21H17F3N2O4S2. The van der Waals surface area contributed by atoms with Crippen LogP contribution in [0.4, 0.5) is 13.2 Å². The fraction of sp³-hybridized carbons (Fsp3) is 0.190. The van der Waals surface area contributed by atoms with Crippen molar-refractivity contribution < 1.29 is 32.2 Å². The second kappa shape index (κ2) is 9.72. The molecule has 1 atom stereocenters. The highest BCUT2D eigenvalue weighted by Gasteiger charge is 2.34. The molecule has 32 heavy (non-hydrogen) atoms. The monoisotopic (exact) mass is 482 g/mol. The lowest BCUT2D eigenvalue weighted by atomic mass is 10.1. The van der Waals surface area contributed by atoms with Gasteiger partial charge in [0.05, 0.1) is 17.6 Å². The molecule has 11 heteroatoms. The third-order valence-corrected chi connectivity index (χ3v) is 5.54. The van der Waals surface area contributed by atoms with Gasteiger partial charge in [-0.15, -0.1) is 0 Å². The van der Waals surface area contributed by atoms with Gasteiger partial charge in [-0.1, -0.05) is 42.2 Å². The predicted molar refractivity (Wildman–Crippen MR) is 118 cm³/mol. The molecular weight excluding hydrogens is 465 g/mol. The molecule has 1 aliphatic heterocycles. The first-order valence-corrected chi connectivity index (χ1v) is 10.4. The standard InChI is InChI=1S/C21H17F3N2O4S2/c1-29-19(28)16(25)8-11-2-5-13(6-3-11)30-14-7-4-12(15(10-14)21(22,23)24)9-17-18(27)26-20(31)32-17/h2-7,9-10,16H,8,25H2,1H3,(H,26,27,31)/b17-9-/t16-/m1/s1. The van der Waals surface area contributed by atoms with Gasteiger partial charge in [0, 0.05) is 0 Å². The molecule has 1 aliphatic rings. The molecule has 3 rings (SSSR count). The summed E-state index contributed by atoms with van der Waals surface area (Å²) in [6, 6.07) is 9.07. The zero-order chi connectivity index (χ0) is 23.5. The van der Waals surface area contributed by atoms with E-state index in [2.05, 4.69) is 10.1 Å². The van der Waals surface area contributed by atoms with E-state index >= 15 is 0 Å². The Kier molecular flexibility index (Phi) is 7.22. The van der Waals surface area contributed by atoms with E-state index in [1.165, 1.54) is 19.2 Å². The molecule has 0 aromatic heterocycles. The van der Waals surface area contributed by atoms with E-state index < -0.39 is 29.7 Å². The Morgan fingerprint density at radius 2 is 1.88 bits per heavy atom. The highest BCUT2D eigenvalue weighted by atomic mass is 32.2. The van der Waals surface area contributed by atoms with Crippen LogP contribution in [0.25, 0.3) is 6.08 Å². The number of carbonyl (C=O) groups is 2. The minimum Gasteiger partial charge on any atom is -0.468 e. The quantitative estimate of drug-likeness (QED) is 0.365. The number of hydrogen-bond acceptors (Lipinski definition) is 7. The second-order valence-corrected chi connectivity index (χ2v) is 8.40. The fourth-order valence-electron chi connectivity index (χ4n) is 2.85. The number of thioether (sulfide) groups is 1. The molecule has 0 unspecified atom stereocenters. The van der Waals surface area contributed by atoms with E-state index in [1.54, 1.807) is 24.3 Å². The number of alkyl halides is 3. The summed E-state index contributed by atoms with van der Waals surface area (Å²) in [4.78, 5) is 23.3. The van der Waals surface area contributed by atoms with Crippen LogP contribution in [0.2, 0.25) is 0 Å². The van der Waals surface area contributed by atoms with E-state index in [1.807, 2.05) is 0 Å². The van der Waals surface area contributed by atoms with Gasteiger partial charge in [-0.2, -0.15) is 13.2 Å². The van der Waals surface area contributed by atoms with E-state index in [4.69, 9.17) is 22.7 Å². The molecule has 0 spiro atoms. The first-order chi connectivity index (χ1) is 15.1. The molecule has 1 fully saturated rings. The van der Waals surface area contributed by atoms with Crippen molar-refractivity contribution in [2.45, 2.75) is 18.6 Å². The maximum absolute atomic E-state index is 13.6. The lowest BCUT2D eigenvalue weighted by Gasteiger charge is -2.14. The number of nitrogens with two attached hydrogens (primary N) is 1. The van der Waals surface area contributed by atoms with Gasteiger partial charge in [0.15, 0.2) is 0 Å². The van der Waals surface area contributed by atoms with E-state index in [0.717, 1.165) is 29.5 Å². The van der Waals surface area contributed by atoms with Crippen LogP contribution >= 0.6 is 24.0 Å². The smallest absolute Gasteiger partial charge is 0.417 e. The SMILES string of the molecule is COC(=O)[C@H](N)Cc1ccc(Oc2ccc(/C=C3\SC(=S)NC3=O)c(C(F)(F)F)c2)cc1. The normalized spacial score (nSPS) is 16.1. The summed E-state index contributed by atoms with van der Waals surface area (Å²) in [5.74, 6) is -0.816. The average Bonchev–Trinajstić information content (AvgIpc) is 3.05. The summed E-state index contributed by atoms with van der Waals surface area (Å²) in [7, 11) is 1.24. The topological polar surface area (TPSA) is 90.7 Å². The predicted octanol–water partition coefficient (Wildman–Crippen LogP) is 4.03. The molecule has 1 amide bonds. The van der Waals surface area contributed by atoms with Crippen LogP contribution in [-0.4, -0.2) is 29.3 Å². The highest BCUT2D eigenvalue weighted by Crippen LogP contribution is 2.38. The van der Waals surface area contributed by atoms with Crippen LogP contribution < -0.4 is 15.8 Å². The van der Waals surface area contributed by atoms with Crippen LogP contribution in [-0.2, 0) is 26.9 Å². The first kappa shape index (κ1) is 23.8. The summed E-state index contributed by atoms with van der Waals surface area (Å²) >= 11 is 5.76. The van der Waals surface area contributed by atoms with E-state index in [0.29, 0.717) is 5.75 Å². The average molecular weight is 483 g/mol. The van der Waals surface area contributed by atoms with Crippen molar-refractivity contribution in [3.05, 3.63) is 64.1 Å². The number of benzene rings is 2. The molecule has 1 saturated heterocycles. The number of thiocarbonyl (C=S) groups is 1. The Labute approximate surface area is 190 Å². The fourth-order valence-corrected chi connectivity index (χ4v) is 3.89. The van der Waals surface area contributed by atoms with Crippen LogP contribution in [0.15, 0.2) is 47.4 Å². The van der Waals surface area contributed by atoms with Crippen molar-refractivity contribution in [2.24, 2.45) is 5.73 Å². The molecule has 1 heterocycles. The lowest BCUT2D eigenvalue weighted by Crippen LogP contribution is -2.33. The Bertz CT molecular complexity index is 1090. The lowest BCUT2D eigenvalue weighted by molar-refractivity contribution is -0.142. The van der Waals surface area contributed by atoms with Crippen LogP contribution in [0.3, 0.4) is 0 Å². The number of ether oxygens (including phenoxy) is 2. The third kappa shape index (κ3) is 5.87. The molecule has 168 valence electrons. The minimum atomic E-state index is -4.67. The van der Waals surface area contributed by atoms with Gasteiger partial charge < -0.3 is 20.5 Å². The maximum atomic E-state index is 13.6. The largest absolute Gasteiger partial charge is 0.468 e. The number of hydrogen-bond donors (Lipinski definition) is 2. The van der Waals surface area contributed by atoms with Crippen molar-refractivity contribution >= 4 is 46.3 Å². The van der Waals surface area contributed by atoms with Gasteiger partial charge in [0.2, 0.25) is 0 Å². The highest BCUT2D eigenvalue weighted by molar-refractivity contribution is 8.26. The van der Waals surface area contributed by atoms with Crippen molar-refractivity contribution in [3.8, 4) is 11.5 Å². The van der Waals surface area contributed by atoms with Crippen molar-refractivity contribution in [1.82, 2.24) is 5.32 Å². The molecule has 2 aromatic rings. The number of rotatable bonds is 6.